The van der Waals surface area contributed by atoms with Crippen molar-refractivity contribution < 1.29 is 9.53 Å². The Kier molecular flexibility index (Phi) is 4.43. The van der Waals surface area contributed by atoms with Gasteiger partial charge in [-0.1, -0.05) is 6.07 Å². The highest BCUT2D eigenvalue weighted by Gasteiger charge is 2.25. The van der Waals surface area contributed by atoms with Crippen molar-refractivity contribution >= 4 is 44.4 Å². The third-order valence-electron chi connectivity index (χ3n) is 2.70. The van der Waals surface area contributed by atoms with Crippen LogP contribution in [0.1, 0.15) is 17.3 Å². The van der Waals surface area contributed by atoms with Crippen LogP contribution in [0.4, 0.5) is 0 Å². The first-order valence-electron chi connectivity index (χ1n) is 5.44. The standard InChI is InChI=1S/C12H13BrINO2/c1-8-7-15(5-6-17-8)12(16)11-9(13)3-2-4-10(11)14/h2-4,8H,5-7H2,1H3/t8-/m0/s1. The number of ether oxygens (including phenoxy) is 1. The molecule has 1 aliphatic heterocycles. The Morgan fingerprint density at radius 1 is 1.59 bits per heavy atom. The second kappa shape index (κ2) is 5.67. The van der Waals surface area contributed by atoms with Crippen molar-refractivity contribution in [2.24, 2.45) is 0 Å². The van der Waals surface area contributed by atoms with Gasteiger partial charge in [0.1, 0.15) is 0 Å². The molecule has 1 aromatic rings. The van der Waals surface area contributed by atoms with Gasteiger partial charge < -0.3 is 9.64 Å². The number of hydrogen-bond donors (Lipinski definition) is 0. The maximum Gasteiger partial charge on any atom is 0.256 e. The lowest BCUT2D eigenvalue weighted by molar-refractivity contribution is -0.0124. The molecule has 0 saturated carbocycles. The second-order valence-electron chi connectivity index (χ2n) is 4.03. The van der Waals surface area contributed by atoms with E-state index in [0.29, 0.717) is 19.7 Å². The van der Waals surface area contributed by atoms with Gasteiger partial charge >= 0.3 is 0 Å². The van der Waals surface area contributed by atoms with Crippen LogP contribution in [0.3, 0.4) is 0 Å². The van der Waals surface area contributed by atoms with Gasteiger partial charge in [0.25, 0.3) is 5.91 Å². The number of carbonyl (C=O) groups is 1. The molecule has 1 amide bonds. The Morgan fingerprint density at radius 2 is 2.35 bits per heavy atom. The number of nitrogens with zero attached hydrogens (tertiary/aromatic N) is 1. The molecular weight excluding hydrogens is 397 g/mol. The molecule has 1 aliphatic rings. The summed E-state index contributed by atoms with van der Waals surface area (Å²) in [6.45, 7) is 3.94. The second-order valence-corrected chi connectivity index (χ2v) is 6.05. The van der Waals surface area contributed by atoms with Crippen LogP contribution >= 0.6 is 38.5 Å². The molecule has 0 aliphatic carbocycles. The Hall–Kier alpha value is -0.140. The lowest BCUT2D eigenvalue weighted by atomic mass is 10.2. The number of carbonyl (C=O) groups excluding carboxylic acids is 1. The van der Waals surface area contributed by atoms with Gasteiger partial charge in [0.05, 0.1) is 18.3 Å². The Bertz CT molecular complexity index is 418. The number of morpholine rings is 1. The van der Waals surface area contributed by atoms with Gasteiger partial charge in [-0.3, -0.25) is 4.79 Å². The lowest BCUT2D eigenvalue weighted by Gasteiger charge is -2.31. The molecule has 3 nitrogen and oxygen atoms in total. The number of hydrogen-bond acceptors (Lipinski definition) is 2. The smallest absolute Gasteiger partial charge is 0.256 e. The molecule has 0 aromatic heterocycles. The number of halogens is 2. The molecule has 1 heterocycles. The van der Waals surface area contributed by atoms with E-state index in [1.54, 1.807) is 0 Å². The van der Waals surface area contributed by atoms with E-state index >= 15 is 0 Å². The van der Waals surface area contributed by atoms with E-state index < -0.39 is 0 Å². The van der Waals surface area contributed by atoms with Crippen molar-refractivity contribution in [3.63, 3.8) is 0 Å². The van der Waals surface area contributed by atoms with Crippen LogP contribution in [-0.2, 0) is 4.74 Å². The Balaban J connectivity index is 2.24. The molecule has 1 saturated heterocycles. The largest absolute Gasteiger partial charge is 0.375 e. The molecule has 0 spiro atoms. The molecule has 0 radical (unpaired) electrons. The predicted molar refractivity (Wildman–Crippen MR) is 78.2 cm³/mol. The van der Waals surface area contributed by atoms with Crippen LogP contribution in [0.25, 0.3) is 0 Å². The highest BCUT2D eigenvalue weighted by atomic mass is 127. The maximum atomic E-state index is 12.4. The summed E-state index contributed by atoms with van der Waals surface area (Å²) in [6.07, 6.45) is 0.118. The fourth-order valence-corrected chi connectivity index (χ4v) is 3.50. The van der Waals surface area contributed by atoms with Crippen LogP contribution in [-0.4, -0.2) is 36.6 Å². The van der Waals surface area contributed by atoms with Gasteiger partial charge in [-0.2, -0.15) is 0 Å². The van der Waals surface area contributed by atoms with E-state index in [9.17, 15) is 4.79 Å². The first-order chi connectivity index (χ1) is 8.09. The zero-order chi connectivity index (χ0) is 12.4. The monoisotopic (exact) mass is 409 g/mol. The zero-order valence-corrected chi connectivity index (χ0v) is 13.2. The molecule has 0 bridgehead atoms. The molecule has 5 heteroatoms. The number of rotatable bonds is 1. The van der Waals surface area contributed by atoms with E-state index in [0.717, 1.165) is 13.6 Å². The van der Waals surface area contributed by atoms with Gasteiger partial charge in [0.2, 0.25) is 0 Å². The van der Waals surface area contributed by atoms with Crippen LogP contribution in [0.5, 0.6) is 0 Å². The molecule has 1 fully saturated rings. The van der Waals surface area contributed by atoms with Crippen molar-refractivity contribution in [1.82, 2.24) is 4.90 Å². The summed E-state index contributed by atoms with van der Waals surface area (Å²) in [5, 5.41) is 0. The average molecular weight is 410 g/mol. The van der Waals surface area contributed by atoms with Gasteiger partial charge in [-0.05, 0) is 57.6 Å². The van der Waals surface area contributed by atoms with Crippen molar-refractivity contribution in [2.75, 3.05) is 19.7 Å². The minimum atomic E-state index is 0.0806. The Morgan fingerprint density at radius 3 is 3.00 bits per heavy atom. The SMILES string of the molecule is C[C@H]1CN(C(=O)c2c(Br)cccc2I)CCO1. The summed E-state index contributed by atoms with van der Waals surface area (Å²) >= 11 is 5.64. The molecule has 17 heavy (non-hydrogen) atoms. The molecule has 1 aromatic carbocycles. The van der Waals surface area contributed by atoms with Crippen molar-refractivity contribution in [3.05, 3.63) is 31.8 Å². The van der Waals surface area contributed by atoms with Crippen molar-refractivity contribution in [3.8, 4) is 0 Å². The third-order valence-corrected chi connectivity index (χ3v) is 4.26. The van der Waals surface area contributed by atoms with Gasteiger partial charge in [0, 0.05) is 21.1 Å². The predicted octanol–water partition coefficient (Wildman–Crippen LogP) is 2.91. The zero-order valence-electron chi connectivity index (χ0n) is 9.45. The summed E-state index contributed by atoms with van der Waals surface area (Å²) in [4.78, 5) is 14.3. The van der Waals surface area contributed by atoms with E-state index in [1.165, 1.54) is 0 Å². The van der Waals surface area contributed by atoms with Gasteiger partial charge in [-0.25, -0.2) is 0 Å². The minimum Gasteiger partial charge on any atom is -0.375 e. The van der Waals surface area contributed by atoms with Crippen molar-refractivity contribution in [2.45, 2.75) is 13.0 Å². The van der Waals surface area contributed by atoms with Crippen LogP contribution in [0.2, 0.25) is 0 Å². The van der Waals surface area contributed by atoms with Crippen LogP contribution in [0.15, 0.2) is 22.7 Å². The third kappa shape index (κ3) is 3.00. The highest BCUT2D eigenvalue weighted by molar-refractivity contribution is 14.1. The van der Waals surface area contributed by atoms with Gasteiger partial charge in [0.15, 0.2) is 0 Å². The van der Waals surface area contributed by atoms with E-state index in [1.807, 2.05) is 30.0 Å². The summed E-state index contributed by atoms with van der Waals surface area (Å²) in [6, 6.07) is 5.78. The first-order valence-corrected chi connectivity index (χ1v) is 7.31. The summed E-state index contributed by atoms with van der Waals surface area (Å²) in [5.41, 5.74) is 0.752. The topological polar surface area (TPSA) is 29.5 Å². The maximum absolute atomic E-state index is 12.4. The fraction of sp³-hybridized carbons (Fsp3) is 0.417. The fourth-order valence-electron chi connectivity index (χ4n) is 1.86. The Labute approximate surface area is 123 Å². The van der Waals surface area contributed by atoms with Crippen LogP contribution < -0.4 is 0 Å². The van der Waals surface area contributed by atoms with E-state index in [-0.39, 0.29) is 12.0 Å². The minimum absolute atomic E-state index is 0.0806. The normalized spacial score (nSPS) is 20.4. The average Bonchev–Trinajstić information content (AvgIpc) is 2.28. The molecule has 0 N–H and O–H groups in total. The molecule has 1 atom stereocenters. The molecule has 2 rings (SSSR count). The lowest BCUT2D eigenvalue weighted by Crippen LogP contribution is -2.44. The first kappa shape index (κ1) is 13.3. The van der Waals surface area contributed by atoms with Crippen LogP contribution in [0, 0.1) is 3.57 Å². The number of benzene rings is 1. The molecule has 92 valence electrons. The van der Waals surface area contributed by atoms with Crippen molar-refractivity contribution in [1.29, 1.82) is 0 Å². The quantitative estimate of drug-likeness (QED) is 0.667. The summed E-state index contributed by atoms with van der Waals surface area (Å²) in [5.74, 6) is 0.0806. The van der Waals surface area contributed by atoms with E-state index in [2.05, 4.69) is 38.5 Å². The summed E-state index contributed by atoms with van der Waals surface area (Å²) < 4.78 is 7.28. The highest BCUT2D eigenvalue weighted by Crippen LogP contribution is 2.24. The van der Waals surface area contributed by atoms with E-state index in [4.69, 9.17) is 4.74 Å². The molecular formula is C12H13BrINO2. The number of amides is 1. The molecule has 0 unspecified atom stereocenters. The van der Waals surface area contributed by atoms with Gasteiger partial charge in [-0.15, -0.1) is 0 Å². The summed E-state index contributed by atoms with van der Waals surface area (Å²) in [7, 11) is 0.